The Kier molecular flexibility index (Phi) is 28.5. The second-order valence-corrected chi connectivity index (χ2v) is 14.4. The zero-order valence-electron chi connectivity index (χ0n) is 35.6. The summed E-state index contributed by atoms with van der Waals surface area (Å²) in [7, 11) is 1.54. The summed E-state index contributed by atoms with van der Waals surface area (Å²) in [6.07, 6.45) is 8.15. The molecule has 332 valence electrons. The summed E-state index contributed by atoms with van der Waals surface area (Å²) in [6.45, 7) is 12.0. The molecule has 0 aliphatic carbocycles. The highest BCUT2D eigenvalue weighted by Crippen LogP contribution is 2.19. The van der Waals surface area contributed by atoms with Gasteiger partial charge in [-0.15, -0.1) is 0 Å². The predicted molar refractivity (Wildman–Crippen MR) is 217 cm³/mol. The van der Waals surface area contributed by atoms with Gasteiger partial charge in [-0.1, -0.05) is 39.3 Å². The van der Waals surface area contributed by atoms with E-state index in [0.29, 0.717) is 45.1 Å². The average molecular weight is 827 g/mol. The number of likely N-dealkylation sites (N-methyl/N-ethyl adjacent to an activating group) is 1. The number of carbonyl (C=O) groups is 9. The van der Waals surface area contributed by atoms with Crippen LogP contribution in [0.4, 0.5) is 0 Å². The van der Waals surface area contributed by atoms with Gasteiger partial charge >= 0.3 is 0 Å². The van der Waals surface area contributed by atoms with Gasteiger partial charge in [-0.05, 0) is 85.0 Å². The van der Waals surface area contributed by atoms with E-state index in [1.807, 2.05) is 19.1 Å². The fourth-order valence-electron chi connectivity index (χ4n) is 5.60. The number of nitrogens with one attached hydrogen (secondary N) is 7. The van der Waals surface area contributed by atoms with Gasteiger partial charge in [0.05, 0.1) is 6.61 Å². The van der Waals surface area contributed by atoms with E-state index in [1.54, 1.807) is 34.6 Å². The molecule has 1 aliphatic rings. The van der Waals surface area contributed by atoms with Gasteiger partial charge < -0.3 is 53.2 Å². The Morgan fingerprint density at radius 1 is 0.914 bits per heavy atom. The van der Waals surface area contributed by atoms with Crippen LogP contribution in [0, 0.1) is 5.92 Å². The van der Waals surface area contributed by atoms with Gasteiger partial charge in [-0.3, -0.25) is 43.2 Å². The minimum absolute atomic E-state index is 0.00123. The van der Waals surface area contributed by atoms with Crippen LogP contribution in [0.3, 0.4) is 0 Å². The number of allylic oxidation sites excluding steroid dienone is 2. The van der Waals surface area contributed by atoms with Crippen molar-refractivity contribution in [2.45, 2.75) is 155 Å². The lowest BCUT2D eigenvalue weighted by atomic mass is 9.92. The minimum atomic E-state index is -1.37. The van der Waals surface area contributed by atoms with Crippen molar-refractivity contribution in [1.29, 1.82) is 0 Å². The quantitative estimate of drug-likeness (QED) is 0.0935. The Labute approximate surface area is 342 Å². The lowest BCUT2D eigenvalue weighted by Crippen LogP contribution is -2.63. The molecule has 11 N–H and O–H groups in total. The lowest BCUT2D eigenvalue weighted by Gasteiger charge is -2.33. The van der Waals surface area contributed by atoms with Crippen molar-refractivity contribution < 1.29 is 53.4 Å². The van der Waals surface area contributed by atoms with E-state index in [4.69, 9.17) is 20.7 Å². The van der Waals surface area contributed by atoms with Crippen molar-refractivity contribution in [2.24, 2.45) is 11.7 Å². The molecule has 6 atom stereocenters. The van der Waals surface area contributed by atoms with E-state index < -0.39 is 64.6 Å². The SMILES string of the molecule is CCNC(=O)C1(C)CCC/C=C/CCCC(C)(NC(=O)CCCC(N)=O)C(=O)NC(C)C(=O)NC([C@@H](C)CC)C(=O)NC(CC)C(=O)N1.CNC(=O)CCO.O=CO. The van der Waals surface area contributed by atoms with E-state index in [9.17, 15) is 38.4 Å². The van der Waals surface area contributed by atoms with E-state index in [1.165, 1.54) is 14.0 Å². The molecule has 1 aliphatic heterocycles. The molecule has 5 unspecified atom stereocenters. The van der Waals surface area contributed by atoms with Gasteiger partial charge in [0.1, 0.15) is 29.2 Å². The van der Waals surface area contributed by atoms with Crippen LogP contribution in [-0.2, 0) is 43.2 Å². The smallest absolute Gasteiger partial charge is 0.290 e. The summed E-state index contributed by atoms with van der Waals surface area (Å²) >= 11 is 0. The van der Waals surface area contributed by atoms with Crippen molar-refractivity contribution in [3.63, 3.8) is 0 Å². The first-order valence-electron chi connectivity index (χ1n) is 19.9. The second-order valence-electron chi connectivity index (χ2n) is 14.4. The molecule has 0 saturated heterocycles. The van der Waals surface area contributed by atoms with Gasteiger partial charge in [0, 0.05) is 32.9 Å². The van der Waals surface area contributed by atoms with Crippen LogP contribution in [0.1, 0.15) is 126 Å². The molecule has 8 amide bonds. The number of amides is 8. The van der Waals surface area contributed by atoms with Gasteiger partial charge in [0.15, 0.2) is 0 Å². The molecule has 19 heteroatoms. The second kappa shape index (κ2) is 30.1. The number of carbonyl (C=O) groups excluding carboxylic acids is 8. The van der Waals surface area contributed by atoms with Crippen molar-refractivity contribution >= 4 is 53.7 Å². The maximum Gasteiger partial charge on any atom is 0.290 e. The predicted octanol–water partition coefficient (Wildman–Crippen LogP) is 0.184. The topological polar surface area (TPSA) is 304 Å². The zero-order valence-corrected chi connectivity index (χ0v) is 35.6. The molecule has 19 nitrogen and oxygen atoms in total. The van der Waals surface area contributed by atoms with E-state index in [2.05, 4.69) is 37.2 Å². The highest BCUT2D eigenvalue weighted by atomic mass is 16.3. The molecule has 0 radical (unpaired) electrons. The molecule has 0 aromatic carbocycles. The Bertz CT molecular complexity index is 1380. The normalized spacial score (nSPS) is 24.6. The fraction of sp³-hybridized carbons (Fsp3) is 0.718. The van der Waals surface area contributed by atoms with Crippen LogP contribution in [0.5, 0.6) is 0 Å². The van der Waals surface area contributed by atoms with Crippen LogP contribution in [0.2, 0.25) is 0 Å². The van der Waals surface area contributed by atoms with Crippen molar-refractivity contribution in [3.05, 3.63) is 12.2 Å². The number of rotatable bonds is 12. The zero-order chi connectivity index (χ0) is 44.9. The van der Waals surface area contributed by atoms with Crippen LogP contribution in [-0.4, -0.2) is 113 Å². The molecule has 1 heterocycles. The number of hydrogen-bond donors (Lipinski definition) is 10. The van der Waals surface area contributed by atoms with Crippen molar-refractivity contribution in [2.75, 3.05) is 20.2 Å². The minimum Gasteiger partial charge on any atom is -0.483 e. The Morgan fingerprint density at radius 3 is 1.98 bits per heavy atom. The standard InChI is InChI=1S/C34H59N7O7.C4H9NO2.CH2O2/c1-8-22(4)27-30(46)38-24(9-2)29(45)41-33(6,31(47)36-10-3)20-15-13-11-12-14-16-21-34(7,32(48)37-23(5)28(44)39-27)40-26(43)19-17-18-25(35)42;1-5-4(7)2-3-6;2-1-3/h11-12,22-24,27H,8-10,13-21H2,1-7H3,(H2,35,42)(H,36,47)(H,37,48)(H,38,46)(H,39,44)(H,40,43)(H,41,45);6H,2-3H2,1H3,(H,5,7);1H,(H,2,3)/b12-11+;;/t22-,23?,24?,27?,33?,34?;;/m0../s1. The number of primary amides is 1. The summed E-state index contributed by atoms with van der Waals surface area (Å²) in [5.41, 5.74) is 2.60. The molecule has 0 aromatic heterocycles. The lowest BCUT2D eigenvalue weighted by molar-refractivity contribution is -0.137. The Morgan fingerprint density at radius 2 is 1.50 bits per heavy atom. The molecule has 0 spiro atoms. The first-order valence-corrected chi connectivity index (χ1v) is 19.9. The highest BCUT2D eigenvalue weighted by molar-refractivity contribution is 5.98. The van der Waals surface area contributed by atoms with Crippen LogP contribution in [0.25, 0.3) is 0 Å². The largest absolute Gasteiger partial charge is 0.483 e. The molecular weight excluding hydrogens is 756 g/mol. The molecule has 0 aromatic rings. The maximum absolute atomic E-state index is 13.6. The van der Waals surface area contributed by atoms with E-state index >= 15 is 0 Å². The number of aliphatic hydroxyl groups is 1. The number of nitrogens with two attached hydrogens (primary N) is 1. The highest BCUT2D eigenvalue weighted by Gasteiger charge is 2.39. The number of carboxylic acid groups (broad SMARTS) is 1. The van der Waals surface area contributed by atoms with Crippen LogP contribution < -0.4 is 43.0 Å². The maximum atomic E-state index is 13.6. The molecule has 0 fully saturated rings. The van der Waals surface area contributed by atoms with E-state index in [0.717, 1.165) is 0 Å². The van der Waals surface area contributed by atoms with Crippen LogP contribution in [0.15, 0.2) is 12.2 Å². The third-order valence-corrected chi connectivity index (χ3v) is 9.44. The average Bonchev–Trinajstić information content (AvgIpc) is 3.16. The van der Waals surface area contributed by atoms with Gasteiger partial charge in [-0.25, -0.2) is 0 Å². The summed E-state index contributed by atoms with van der Waals surface area (Å²) in [5.74, 6) is -3.98. The van der Waals surface area contributed by atoms with Gasteiger partial charge in [0.2, 0.25) is 47.3 Å². The van der Waals surface area contributed by atoms with E-state index in [-0.39, 0.29) is 69.3 Å². The Hall–Kier alpha value is -5.07. The summed E-state index contributed by atoms with van der Waals surface area (Å²) in [4.78, 5) is 109. The fourth-order valence-corrected chi connectivity index (χ4v) is 5.60. The molecular formula is C39H70N8O11. The van der Waals surface area contributed by atoms with Crippen molar-refractivity contribution in [3.8, 4) is 0 Å². The van der Waals surface area contributed by atoms with Gasteiger partial charge in [0.25, 0.3) is 6.47 Å². The number of aliphatic hydroxyl groups excluding tert-OH is 1. The summed E-state index contributed by atoms with van der Waals surface area (Å²) in [5, 5.41) is 34.0. The molecule has 58 heavy (non-hydrogen) atoms. The first-order chi connectivity index (χ1) is 27.2. The third kappa shape index (κ3) is 22.0. The van der Waals surface area contributed by atoms with Gasteiger partial charge in [-0.2, -0.15) is 0 Å². The first kappa shape index (κ1) is 55.0. The monoisotopic (exact) mass is 827 g/mol. The summed E-state index contributed by atoms with van der Waals surface area (Å²) < 4.78 is 0. The van der Waals surface area contributed by atoms with Crippen LogP contribution >= 0.6 is 0 Å². The Balaban J connectivity index is 0. The third-order valence-electron chi connectivity index (χ3n) is 9.44. The molecule has 1 rings (SSSR count). The number of hydrogen-bond acceptors (Lipinski definition) is 10. The van der Waals surface area contributed by atoms with Crippen molar-refractivity contribution in [1.82, 2.24) is 37.2 Å². The summed E-state index contributed by atoms with van der Waals surface area (Å²) in [6, 6.07) is -3.05. The molecule has 0 bridgehead atoms. The molecule has 0 saturated carbocycles.